The first-order chi connectivity index (χ1) is 30.3. The second-order valence-electron chi connectivity index (χ2n) is 13.9. The molecule has 4 N–H and O–H groups in total. The molecule has 2 amide bonds. The Bertz CT molecular complexity index is 2990. The fourth-order valence-corrected chi connectivity index (χ4v) is 6.59. The fourth-order valence-electron chi connectivity index (χ4n) is 6.59. The van der Waals surface area contributed by atoms with Crippen molar-refractivity contribution in [3.8, 4) is 11.4 Å². The number of amides is 2. The molecule has 8 aromatic rings. The van der Waals surface area contributed by atoms with Crippen LogP contribution in [-0.2, 0) is 4.74 Å². The van der Waals surface area contributed by atoms with E-state index in [0.29, 0.717) is 57.3 Å². The van der Waals surface area contributed by atoms with Crippen molar-refractivity contribution in [2.75, 3.05) is 7.11 Å². The van der Waals surface area contributed by atoms with Gasteiger partial charge in [-0.2, -0.15) is 10.2 Å². The zero-order valence-corrected chi connectivity index (χ0v) is 35.7. The summed E-state index contributed by atoms with van der Waals surface area (Å²) in [6.45, 7) is 6.78. The number of aromatic nitrogens is 8. The predicted molar refractivity (Wildman–Crippen MR) is 221 cm³/mol. The Kier molecular flexibility index (Phi) is 15.4. The molecule has 330 valence electrons. The van der Waals surface area contributed by atoms with E-state index in [-0.39, 0.29) is 70.5 Å². The standard InChI is InChI=1S/C22H20FN5O4.C21H18FN5O4.Li.H2O/c1-4-17(21-27-19(12(2)32-21)22(30)31-3)26-20(29)16-9-24-11-18-15(16)10-25-28(18)14-7-5-13(23)6-8-14;1-3-16(20-26-18(21(29)30)11(2)31-20)25-19(28)15-8-23-10-17-14(15)9-24-27(17)13-6-4-12(22)5-7-13;;/h5-11,17H,4H2,1-3H3,(H,26,29);4-10,16H,3H2,1-2H3,(H,25,28)(H,29,30);;1H2/q;;+1;/p-1. The van der Waals surface area contributed by atoms with Gasteiger partial charge in [-0.15, -0.1) is 0 Å². The third-order valence-corrected chi connectivity index (χ3v) is 9.86. The number of carbonyl (C=O) groups is 4. The number of rotatable bonds is 12. The predicted octanol–water partition coefficient (Wildman–Crippen LogP) is 3.79. The summed E-state index contributed by atoms with van der Waals surface area (Å²) in [6.07, 6.45) is 10.0. The minimum absolute atomic E-state index is 0. The third-order valence-electron chi connectivity index (χ3n) is 9.86. The van der Waals surface area contributed by atoms with Crippen molar-refractivity contribution in [2.24, 2.45) is 0 Å². The Balaban J connectivity index is 0.000000237. The van der Waals surface area contributed by atoms with E-state index in [2.05, 4.69) is 40.8 Å². The van der Waals surface area contributed by atoms with Crippen LogP contribution in [0.2, 0.25) is 0 Å². The number of ether oxygens (including phenoxy) is 1. The maximum atomic E-state index is 13.3. The first kappa shape index (κ1) is 48.4. The summed E-state index contributed by atoms with van der Waals surface area (Å²) < 4.78 is 45.4. The van der Waals surface area contributed by atoms with Crippen LogP contribution in [-0.4, -0.2) is 80.9 Å². The van der Waals surface area contributed by atoms with Crippen LogP contribution in [0.3, 0.4) is 0 Å². The summed E-state index contributed by atoms with van der Waals surface area (Å²) in [5.41, 5.74) is 2.91. The molecule has 6 heterocycles. The molecule has 0 saturated carbocycles. The molecule has 0 radical (unpaired) electrons. The van der Waals surface area contributed by atoms with Gasteiger partial charge in [-0.05, 0) is 75.2 Å². The quantitative estimate of drug-likeness (QED) is 0.116. The topological polar surface area (TPSA) is 265 Å². The van der Waals surface area contributed by atoms with Gasteiger partial charge in [-0.1, -0.05) is 13.8 Å². The molecule has 2 atom stereocenters. The normalized spacial score (nSPS) is 11.7. The Morgan fingerprint density at radius 1 is 0.677 bits per heavy atom. The maximum Gasteiger partial charge on any atom is 1.00 e. The van der Waals surface area contributed by atoms with Gasteiger partial charge in [0.15, 0.2) is 11.4 Å². The van der Waals surface area contributed by atoms with Crippen LogP contribution in [0.15, 0.2) is 94.5 Å². The van der Waals surface area contributed by atoms with Crippen molar-refractivity contribution in [1.82, 2.24) is 50.1 Å². The number of hydrogen-bond donors (Lipinski definition) is 3. The van der Waals surface area contributed by atoms with Gasteiger partial charge in [-0.25, -0.2) is 37.7 Å². The summed E-state index contributed by atoms with van der Waals surface area (Å²) in [7, 11) is 1.26. The van der Waals surface area contributed by atoms with Crippen LogP contribution >= 0.6 is 0 Å². The molecule has 2 unspecified atom stereocenters. The smallest absolute Gasteiger partial charge is 0.870 e. The Morgan fingerprint density at radius 3 is 1.45 bits per heavy atom. The molecule has 0 fully saturated rings. The molecule has 65 heavy (non-hydrogen) atoms. The van der Waals surface area contributed by atoms with E-state index in [1.807, 2.05) is 13.8 Å². The fraction of sp³-hybridized carbons (Fsp3) is 0.209. The molecule has 6 aromatic heterocycles. The summed E-state index contributed by atoms with van der Waals surface area (Å²) >= 11 is 0. The van der Waals surface area contributed by atoms with E-state index >= 15 is 0 Å². The van der Waals surface area contributed by atoms with Crippen molar-refractivity contribution in [3.05, 3.63) is 143 Å². The number of pyridine rings is 2. The SMILES string of the molecule is CCC(NC(=O)c1cncc2c1cnn2-c1ccc(F)cc1)c1nc(C(=O)O)c(C)o1.CCC(NC(=O)c1cncc2c1cnn2-c1ccc(F)cc1)c1nc(C(=O)OC)c(C)o1.[Li+].[OH-]. The Morgan fingerprint density at radius 2 is 1.08 bits per heavy atom. The molecule has 8 rings (SSSR count). The largest absolute Gasteiger partial charge is 1.00 e. The third kappa shape index (κ3) is 10.1. The van der Waals surface area contributed by atoms with Gasteiger partial charge in [0.2, 0.25) is 11.8 Å². The number of carboxylic acid groups (broad SMARTS) is 1. The number of halogens is 2. The number of nitrogens with zero attached hydrogens (tertiary/aromatic N) is 8. The summed E-state index contributed by atoms with van der Waals surface area (Å²) in [5, 5.41) is 24.6. The van der Waals surface area contributed by atoms with E-state index in [9.17, 15) is 33.1 Å². The van der Waals surface area contributed by atoms with Crippen molar-refractivity contribution >= 4 is 45.6 Å². The number of benzene rings is 2. The van der Waals surface area contributed by atoms with Gasteiger partial charge in [-0.3, -0.25) is 19.6 Å². The van der Waals surface area contributed by atoms with Gasteiger partial charge >= 0.3 is 30.8 Å². The molecule has 0 aliphatic rings. The van der Waals surface area contributed by atoms with Crippen molar-refractivity contribution in [2.45, 2.75) is 52.6 Å². The number of carboxylic acids is 1. The number of fused-ring (bicyclic) bond motifs is 2. The van der Waals surface area contributed by atoms with Crippen LogP contribution in [0.4, 0.5) is 8.78 Å². The van der Waals surface area contributed by atoms with Crippen LogP contribution in [0.1, 0.15) is 104 Å². The van der Waals surface area contributed by atoms with Gasteiger partial charge < -0.3 is 34.8 Å². The van der Waals surface area contributed by atoms with Crippen molar-refractivity contribution in [1.29, 1.82) is 0 Å². The van der Waals surface area contributed by atoms with Crippen LogP contribution in [0.5, 0.6) is 0 Å². The van der Waals surface area contributed by atoms with E-state index in [0.717, 1.165) is 0 Å². The second-order valence-corrected chi connectivity index (χ2v) is 13.9. The second kappa shape index (κ2) is 20.7. The molecule has 0 aliphatic carbocycles. The van der Waals surface area contributed by atoms with Crippen LogP contribution in [0, 0.1) is 25.5 Å². The molecule has 0 saturated heterocycles. The van der Waals surface area contributed by atoms with E-state index in [4.69, 9.17) is 13.6 Å². The molecular formula is C43H39F2LiN10O9. The monoisotopic (exact) mass is 884 g/mol. The Hall–Kier alpha value is -7.60. The maximum absolute atomic E-state index is 13.3. The molecule has 22 heteroatoms. The molecular weight excluding hydrogens is 845 g/mol. The number of methoxy groups -OCH3 is 1. The van der Waals surface area contributed by atoms with E-state index < -0.39 is 35.8 Å². The average molecular weight is 885 g/mol. The molecule has 19 nitrogen and oxygen atoms in total. The summed E-state index contributed by atoms with van der Waals surface area (Å²) in [5.74, 6) is -2.56. The molecule has 0 aliphatic heterocycles. The zero-order valence-electron chi connectivity index (χ0n) is 35.7. The zero-order chi connectivity index (χ0) is 44.9. The van der Waals surface area contributed by atoms with E-state index in [1.54, 1.807) is 59.1 Å². The first-order valence-electron chi connectivity index (χ1n) is 19.3. The number of esters is 1. The average Bonchev–Trinajstić information content (AvgIpc) is 4.10. The van der Waals surface area contributed by atoms with Gasteiger partial charge in [0.25, 0.3) is 11.8 Å². The van der Waals surface area contributed by atoms with Crippen molar-refractivity contribution in [3.63, 3.8) is 0 Å². The molecule has 0 spiro atoms. The first-order valence-corrected chi connectivity index (χ1v) is 19.3. The van der Waals surface area contributed by atoms with E-state index in [1.165, 1.54) is 56.9 Å². The number of carbonyl (C=O) groups excluding carboxylic acids is 3. The Labute approximate surface area is 379 Å². The number of aromatic carboxylic acids is 1. The minimum atomic E-state index is -1.20. The molecule has 2 aromatic carbocycles. The number of hydrogen-bond acceptors (Lipinski definition) is 14. The number of oxazole rings is 2. The van der Waals surface area contributed by atoms with Crippen molar-refractivity contribution < 1.29 is 71.0 Å². The number of aryl methyl sites for hydroxylation is 2. The molecule has 0 bridgehead atoms. The van der Waals surface area contributed by atoms with Gasteiger partial charge in [0, 0.05) is 23.2 Å². The van der Waals surface area contributed by atoms with Crippen LogP contribution in [0.25, 0.3) is 33.2 Å². The van der Waals surface area contributed by atoms with Gasteiger partial charge in [0.1, 0.15) is 35.2 Å². The summed E-state index contributed by atoms with van der Waals surface area (Å²) in [6, 6.07) is 10.4. The summed E-state index contributed by atoms with van der Waals surface area (Å²) in [4.78, 5) is 65.6. The number of nitrogens with one attached hydrogen (secondary N) is 2. The van der Waals surface area contributed by atoms with Crippen LogP contribution < -0.4 is 29.5 Å². The minimum Gasteiger partial charge on any atom is -0.870 e. The van der Waals surface area contributed by atoms with Gasteiger partial charge in [0.05, 0.1) is 65.4 Å².